The summed E-state index contributed by atoms with van der Waals surface area (Å²) in [5.74, 6) is 2.88. The van der Waals surface area contributed by atoms with E-state index in [2.05, 4.69) is 34.6 Å². The SMILES string of the molecule is CCCCCCCCCCCCCCCCCC(CCC)CC(CC)C(C)CC. The molecule has 0 N–H and O–H groups in total. The molecule has 0 bridgehead atoms. The molecule has 0 aliphatic rings. The maximum absolute atomic E-state index is 2.48. The smallest absolute Gasteiger partial charge is 0.0389 e. The topological polar surface area (TPSA) is 0 Å². The summed E-state index contributed by atoms with van der Waals surface area (Å²) in [5, 5.41) is 0. The molecule has 0 fully saturated rings. The van der Waals surface area contributed by atoms with E-state index in [1.165, 1.54) is 135 Å². The Balaban J connectivity index is 3.54. The first-order valence-electron chi connectivity index (χ1n) is 14.2. The maximum Gasteiger partial charge on any atom is -0.0389 e. The normalized spacial score (nSPS) is 14.8. The van der Waals surface area contributed by atoms with Gasteiger partial charge in [0, 0.05) is 0 Å². The van der Waals surface area contributed by atoms with Crippen LogP contribution in [0.25, 0.3) is 0 Å². The second-order valence-electron chi connectivity index (χ2n) is 10.2. The zero-order valence-electron chi connectivity index (χ0n) is 21.6. The van der Waals surface area contributed by atoms with Gasteiger partial charge in [-0.3, -0.25) is 0 Å². The molecule has 0 aromatic rings. The van der Waals surface area contributed by atoms with Crippen molar-refractivity contribution in [3.8, 4) is 0 Å². The molecule has 0 aliphatic carbocycles. The quantitative estimate of drug-likeness (QED) is 0.147. The van der Waals surface area contributed by atoms with Gasteiger partial charge in [-0.1, -0.05) is 163 Å². The number of unbranched alkanes of at least 4 members (excludes halogenated alkanes) is 14. The van der Waals surface area contributed by atoms with E-state index in [1.54, 1.807) is 0 Å². The van der Waals surface area contributed by atoms with Gasteiger partial charge in [-0.25, -0.2) is 0 Å². The van der Waals surface area contributed by atoms with Crippen molar-refractivity contribution in [3.63, 3.8) is 0 Å². The highest BCUT2D eigenvalue weighted by molar-refractivity contribution is 4.70. The first-order chi connectivity index (χ1) is 14.2. The third kappa shape index (κ3) is 18.5. The first-order valence-corrected chi connectivity index (χ1v) is 14.2. The standard InChI is InChI=1S/C29H60/c1-6-10-11-12-13-14-15-16-17-18-19-20-21-22-23-25-28(24-7-2)26-29(9-4)27(5)8-3/h27-29H,6-26H2,1-5H3. The Hall–Kier alpha value is 0. The molecule has 176 valence electrons. The second kappa shape index (κ2) is 22.7. The lowest BCUT2D eigenvalue weighted by molar-refractivity contribution is 0.247. The predicted octanol–water partition coefficient (Wildman–Crippen LogP) is 11.1. The van der Waals surface area contributed by atoms with E-state index in [4.69, 9.17) is 0 Å². The minimum absolute atomic E-state index is 0.917. The minimum Gasteiger partial charge on any atom is -0.0654 e. The fourth-order valence-electron chi connectivity index (χ4n) is 5.16. The molecule has 0 heterocycles. The number of hydrogen-bond acceptors (Lipinski definition) is 0. The van der Waals surface area contributed by atoms with Crippen molar-refractivity contribution in [1.29, 1.82) is 0 Å². The van der Waals surface area contributed by atoms with E-state index in [9.17, 15) is 0 Å². The molecule has 0 rings (SSSR count). The molecule has 3 unspecified atom stereocenters. The summed E-state index contributed by atoms with van der Waals surface area (Å²) in [5.41, 5.74) is 0. The van der Waals surface area contributed by atoms with Crippen molar-refractivity contribution >= 4 is 0 Å². The summed E-state index contributed by atoms with van der Waals surface area (Å²) in [7, 11) is 0. The van der Waals surface area contributed by atoms with Crippen LogP contribution < -0.4 is 0 Å². The van der Waals surface area contributed by atoms with Crippen molar-refractivity contribution in [2.45, 2.75) is 169 Å². The van der Waals surface area contributed by atoms with Crippen molar-refractivity contribution in [2.24, 2.45) is 17.8 Å². The van der Waals surface area contributed by atoms with E-state index < -0.39 is 0 Å². The molecule has 0 amide bonds. The molecule has 0 heteroatoms. The summed E-state index contributed by atoms with van der Waals surface area (Å²) >= 11 is 0. The summed E-state index contributed by atoms with van der Waals surface area (Å²) in [6.45, 7) is 11.9. The van der Waals surface area contributed by atoms with Crippen LogP contribution in [0.3, 0.4) is 0 Å². The van der Waals surface area contributed by atoms with Crippen molar-refractivity contribution in [2.75, 3.05) is 0 Å². The lowest BCUT2D eigenvalue weighted by Gasteiger charge is -2.27. The summed E-state index contributed by atoms with van der Waals surface area (Å²) in [4.78, 5) is 0. The van der Waals surface area contributed by atoms with Gasteiger partial charge in [0.15, 0.2) is 0 Å². The fraction of sp³-hybridized carbons (Fsp3) is 1.00. The van der Waals surface area contributed by atoms with Crippen LogP contribution in [-0.2, 0) is 0 Å². The van der Waals surface area contributed by atoms with Gasteiger partial charge in [0.05, 0.1) is 0 Å². The Morgan fingerprint density at radius 2 is 0.897 bits per heavy atom. The molecule has 0 saturated heterocycles. The largest absolute Gasteiger partial charge is 0.0654 e. The third-order valence-electron chi connectivity index (χ3n) is 7.52. The molecule has 29 heavy (non-hydrogen) atoms. The van der Waals surface area contributed by atoms with Crippen LogP contribution >= 0.6 is 0 Å². The molecular formula is C29H60. The zero-order valence-corrected chi connectivity index (χ0v) is 21.6. The van der Waals surface area contributed by atoms with Gasteiger partial charge in [0.1, 0.15) is 0 Å². The summed E-state index contributed by atoms with van der Waals surface area (Å²) in [6.07, 6.45) is 30.7. The lowest BCUT2D eigenvalue weighted by atomic mass is 9.79. The molecular weight excluding hydrogens is 348 g/mol. The average molecular weight is 409 g/mol. The third-order valence-corrected chi connectivity index (χ3v) is 7.52. The minimum atomic E-state index is 0.917. The van der Waals surface area contributed by atoms with Gasteiger partial charge in [0.2, 0.25) is 0 Å². The number of rotatable bonds is 23. The molecule has 0 saturated carbocycles. The first kappa shape index (κ1) is 29.0. The lowest BCUT2D eigenvalue weighted by Crippen LogP contribution is -2.15. The van der Waals surface area contributed by atoms with Crippen LogP contribution in [0.5, 0.6) is 0 Å². The highest BCUT2D eigenvalue weighted by Crippen LogP contribution is 2.31. The fourth-order valence-corrected chi connectivity index (χ4v) is 5.16. The zero-order chi connectivity index (χ0) is 21.6. The molecule has 0 aromatic heterocycles. The van der Waals surface area contributed by atoms with Gasteiger partial charge in [-0.05, 0) is 24.2 Å². The maximum atomic E-state index is 2.48. The van der Waals surface area contributed by atoms with Gasteiger partial charge < -0.3 is 0 Å². The van der Waals surface area contributed by atoms with Gasteiger partial charge in [-0.2, -0.15) is 0 Å². The predicted molar refractivity (Wildman–Crippen MR) is 136 cm³/mol. The molecule has 0 nitrogen and oxygen atoms in total. The Morgan fingerprint density at radius 1 is 0.448 bits per heavy atom. The highest BCUT2D eigenvalue weighted by Gasteiger charge is 2.18. The van der Waals surface area contributed by atoms with Crippen LogP contribution in [0, 0.1) is 17.8 Å². The van der Waals surface area contributed by atoms with Crippen molar-refractivity contribution < 1.29 is 0 Å². The molecule has 0 aliphatic heterocycles. The van der Waals surface area contributed by atoms with Gasteiger partial charge in [-0.15, -0.1) is 0 Å². The van der Waals surface area contributed by atoms with Crippen molar-refractivity contribution in [1.82, 2.24) is 0 Å². The van der Waals surface area contributed by atoms with Crippen LogP contribution in [-0.4, -0.2) is 0 Å². The van der Waals surface area contributed by atoms with Gasteiger partial charge >= 0.3 is 0 Å². The Kier molecular flexibility index (Phi) is 22.7. The van der Waals surface area contributed by atoms with E-state index in [0.717, 1.165) is 17.8 Å². The summed E-state index contributed by atoms with van der Waals surface area (Å²) in [6, 6.07) is 0. The highest BCUT2D eigenvalue weighted by atomic mass is 14.2. The second-order valence-corrected chi connectivity index (χ2v) is 10.2. The van der Waals surface area contributed by atoms with Gasteiger partial charge in [0.25, 0.3) is 0 Å². The molecule has 0 aromatic carbocycles. The van der Waals surface area contributed by atoms with E-state index in [1.807, 2.05) is 0 Å². The number of hydrogen-bond donors (Lipinski definition) is 0. The van der Waals surface area contributed by atoms with Crippen LogP contribution in [0.4, 0.5) is 0 Å². The molecule has 3 atom stereocenters. The monoisotopic (exact) mass is 408 g/mol. The molecule has 0 radical (unpaired) electrons. The molecule has 0 spiro atoms. The Labute approximate surface area is 187 Å². The van der Waals surface area contributed by atoms with Crippen molar-refractivity contribution in [3.05, 3.63) is 0 Å². The Morgan fingerprint density at radius 3 is 1.28 bits per heavy atom. The average Bonchev–Trinajstić information content (AvgIpc) is 2.73. The Bertz CT molecular complexity index is 294. The van der Waals surface area contributed by atoms with E-state index in [-0.39, 0.29) is 0 Å². The van der Waals surface area contributed by atoms with Crippen LogP contribution in [0.15, 0.2) is 0 Å². The van der Waals surface area contributed by atoms with Crippen LogP contribution in [0.2, 0.25) is 0 Å². The van der Waals surface area contributed by atoms with E-state index in [0.29, 0.717) is 0 Å². The van der Waals surface area contributed by atoms with Crippen LogP contribution in [0.1, 0.15) is 169 Å². The van der Waals surface area contributed by atoms with E-state index >= 15 is 0 Å². The summed E-state index contributed by atoms with van der Waals surface area (Å²) < 4.78 is 0.